The molecule has 2 radical (unpaired) electrons. The van der Waals surface area contributed by atoms with Gasteiger partial charge in [-0.05, 0) is 13.8 Å². The predicted octanol–water partition coefficient (Wildman–Crippen LogP) is 0.628. The van der Waals surface area contributed by atoms with Crippen LogP contribution in [0.1, 0.15) is 20.8 Å². The van der Waals surface area contributed by atoms with Gasteiger partial charge < -0.3 is 4.81 Å². The maximum absolute atomic E-state index is 4.66. The first-order chi connectivity index (χ1) is 6.18. The van der Waals surface area contributed by atoms with Crippen LogP contribution in [0.15, 0.2) is 0 Å². The first-order valence-corrected chi connectivity index (χ1v) is 3.84. The van der Waals surface area contributed by atoms with E-state index in [2.05, 4.69) is 37.3 Å². The number of hydrogen-bond acceptors (Lipinski definition) is 6. The van der Waals surface area contributed by atoms with E-state index in [1.165, 1.54) is 6.92 Å². The second kappa shape index (κ2) is 7.25. The highest BCUT2D eigenvalue weighted by molar-refractivity contribution is 5.97. The van der Waals surface area contributed by atoms with Crippen molar-refractivity contribution in [3.8, 4) is 0 Å². The van der Waals surface area contributed by atoms with Crippen molar-refractivity contribution in [1.82, 2.24) is 0 Å². The molecule has 76 valence electrons. The Hall–Kier alpha value is -0.175. The van der Waals surface area contributed by atoms with Gasteiger partial charge in [0.25, 0.3) is 0 Å². The molecule has 6 nitrogen and oxygen atoms in total. The van der Waals surface area contributed by atoms with E-state index in [-0.39, 0.29) is 0 Å². The van der Waals surface area contributed by atoms with Crippen LogP contribution in [0.3, 0.4) is 0 Å². The SMILES string of the molecule is [B]OOC(C)(OOCC)OOCC. The summed E-state index contributed by atoms with van der Waals surface area (Å²) in [5, 5.41) is 0. The van der Waals surface area contributed by atoms with Gasteiger partial charge in [-0.15, -0.1) is 0 Å². The van der Waals surface area contributed by atoms with Crippen LogP contribution in [0.5, 0.6) is 0 Å². The molecule has 0 spiro atoms. The minimum Gasteiger partial charge on any atom is -0.313 e. The Kier molecular flexibility index (Phi) is 7.15. The molecule has 0 atom stereocenters. The van der Waals surface area contributed by atoms with Gasteiger partial charge in [0.1, 0.15) is 0 Å². The first-order valence-electron chi connectivity index (χ1n) is 3.84. The molecule has 0 saturated carbocycles. The van der Waals surface area contributed by atoms with E-state index in [0.717, 1.165) is 0 Å². The molecule has 13 heavy (non-hydrogen) atoms. The highest BCUT2D eigenvalue weighted by Crippen LogP contribution is 2.15. The van der Waals surface area contributed by atoms with Crippen LogP contribution >= 0.6 is 0 Å². The highest BCUT2D eigenvalue weighted by atomic mass is 17.4. The van der Waals surface area contributed by atoms with Crippen molar-refractivity contribution in [2.24, 2.45) is 0 Å². The van der Waals surface area contributed by atoms with Crippen molar-refractivity contribution < 1.29 is 29.2 Å². The molecular weight excluding hydrogens is 179 g/mol. The second-order valence-electron chi connectivity index (χ2n) is 2.02. The smallest absolute Gasteiger partial charge is 0.313 e. The molecule has 0 aliphatic rings. The molecule has 0 aromatic carbocycles. The van der Waals surface area contributed by atoms with Crippen LogP contribution in [0.4, 0.5) is 0 Å². The quantitative estimate of drug-likeness (QED) is 0.243. The molecule has 0 bridgehead atoms. The molecular formula is C6H13BO6. The van der Waals surface area contributed by atoms with Crippen LogP contribution in [0.25, 0.3) is 0 Å². The van der Waals surface area contributed by atoms with Gasteiger partial charge in [-0.3, -0.25) is 0 Å². The lowest BCUT2D eigenvalue weighted by Crippen LogP contribution is -2.36. The summed E-state index contributed by atoms with van der Waals surface area (Å²) in [6, 6.07) is 0. The fourth-order valence-corrected chi connectivity index (χ4v) is 0.461. The zero-order valence-electron chi connectivity index (χ0n) is 7.94. The monoisotopic (exact) mass is 192 g/mol. The largest absolute Gasteiger partial charge is 0.361 e. The van der Waals surface area contributed by atoms with E-state index in [4.69, 9.17) is 0 Å². The Balaban J connectivity index is 3.84. The number of hydrogen-bond donors (Lipinski definition) is 0. The molecule has 0 heterocycles. The predicted molar refractivity (Wildman–Crippen MR) is 41.8 cm³/mol. The van der Waals surface area contributed by atoms with Gasteiger partial charge in [0.05, 0.1) is 13.2 Å². The van der Waals surface area contributed by atoms with E-state index in [9.17, 15) is 0 Å². The average Bonchev–Trinajstić information content (AvgIpc) is 2.12. The third-order valence-corrected chi connectivity index (χ3v) is 0.856. The topological polar surface area (TPSA) is 55.4 Å². The fraction of sp³-hybridized carbons (Fsp3) is 1.00. The molecule has 7 heteroatoms. The summed E-state index contributed by atoms with van der Waals surface area (Å²) in [6.07, 6.45) is 0. The molecule has 0 aliphatic carbocycles. The molecule has 0 rings (SSSR count). The lowest BCUT2D eigenvalue weighted by molar-refractivity contribution is -0.611. The minimum absolute atomic E-state index is 0.318. The minimum atomic E-state index is -1.64. The summed E-state index contributed by atoms with van der Waals surface area (Å²) < 4.78 is 0. The summed E-state index contributed by atoms with van der Waals surface area (Å²) >= 11 is 0. The van der Waals surface area contributed by atoms with E-state index in [1.807, 2.05) is 0 Å². The molecule has 0 fully saturated rings. The van der Waals surface area contributed by atoms with Gasteiger partial charge in [0, 0.05) is 6.92 Å². The maximum atomic E-state index is 4.66. The van der Waals surface area contributed by atoms with Crippen molar-refractivity contribution in [3.05, 3.63) is 0 Å². The Labute approximate surface area is 78.2 Å². The molecule has 0 N–H and O–H groups in total. The van der Waals surface area contributed by atoms with E-state index in [1.54, 1.807) is 13.8 Å². The molecule has 0 unspecified atom stereocenters. The van der Waals surface area contributed by atoms with Crippen molar-refractivity contribution >= 4 is 8.05 Å². The van der Waals surface area contributed by atoms with E-state index >= 15 is 0 Å². The summed E-state index contributed by atoms with van der Waals surface area (Å²) in [7, 11) is 4.66. The van der Waals surface area contributed by atoms with Crippen molar-refractivity contribution in [1.29, 1.82) is 0 Å². The molecule has 0 aromatic rings. The van der Waals surface area contributed by atoms with Gasteiger partial charge >= 0.3 is 14.0 Å². The summed E-state index contributed by atoms with van der Waals surface area (Å²) in [6.45, 7) is 5.46. The van der Waals surface area contributed by atoms with Crippen LogP contribution in [0.2, 0.25) is 0 Å². The van der Waals surface area contributed by atoms with Crippen LogP contribution in [-0.4, -0.2) is 27.2 Å². The molecule has 0 aromatic heterocycles. The van der Waals surface area contributed by atoms with Crippen LogP contribution in [0, 0.1) is 0 Å². The average molecular weight is 192 g/mol. The Morgan fingerprint density at radius 3 is 1.77 bits per heavy atom. The standard InChI is InChI=1S/C6H13BO6/c1-4-8-10-6(3,12-13-7)11-9-5-2/h4-5H2,1-3H3. The zero-order chi connectivity index (χ0) is 10.2. The highest BCUT2D eigenvalue weighted by Gasteiger charge is 2.31. The van der Waals surface area contributed by atoms with Gasteiger partial charge in [-0.1, -0.05) is 0 Å². The van der Waals surface area contributed by atoms with Gasteiger partial charge in [0.15, 0.2) is 0 Å². The third-order valence-electron chi connectivity index (χ3n) is 0.856. The lowest BCUT2D eigenvalue weighted by Gasteiger charge is -2.23. The Morgan fingerprint density at radius 2 is 1.46 bits per heavy atom. The normalized spacial score (nSPS) is 11.9. The van der Waals surface area contributed by atoms with Gasteiger partial charge in [-0.25, -0.2) is 9.78 Å². The third kappa shape index (κ3) is 5.97. The molecule has 0 aliphatic heterocycles. The van der Waals surface area contributed by atoms with Crippen LogP contribution in [-0.2, 0) is 29.2 Å². The van der Waals surface area contributed by atoms with E-state index < -0.39 is 5.97 Å². The Morgan fingerprint density at radius 1 is 1.00 bits per heavy atom. The van der Waals surface area contributed by atoms with Crippen molar-refractivity contribution in [2.45, 2.75) is 26.7 Å². The second-order valence-corrected chi connectivity index (χ2v) is 2.02. The lowest BCUT2D eigenvalue weighted by atomic mass is 10.6. The molecule has 0 saturated heterocycles. The van der Waals surface area contributed by atoms with Gasteiger partial charge in [0.2, 0.25) is 0 Å². The van der Waals surface area contributed by atoms with Crippen LogP contribution < -0.4 is 0 Å². The first kappa shape index (κ1) is 12.8. The Bertz CT molecular complexity index is 114. The van der Waals surface area contributed by atoms with Crippen molar-refractivity contribution in [2.75, 3.05) is 13.2 Å². The summed E-state index contributed by atoms with van der Waals surface area (Å²) in [5.74, 6) is -1.64. The summed E-state index contributed by atoms with van der Waals surface area (Å²) in [4.78, 5) is 26.8. The maximum Gasteiger partial charge on any atom is 0.361 e. The number of rotatable bonds is 8. The van der Waals surface area contributed by atoms with E-state index in [0.29, 0.717) is 13.2 Å². The fourth-order valence-electron chi connectivity index (χ4n) is 0.461. The van der Waals surface area contributed by atoms with Gasteiger partial charge in [-0.2, -0.15) is 14.7 Å². The molecule has 0 amide bonds. The zero-order valence-corrected chi connectivity index (χ0v) is 7.94. The summed E-state index contributed by atoms with van der Waals surface area (Å²) in [5.41, 5.74) is 0. The van der Waals surface area contributed by atoms with Crippen molar-refractivity contribution in [3.63, 3.8) is 0 Å².